The predicted molar refractivity (Wildman–Crippen MR) is 83.0 cm³/mol. The third-order valence-corrected chi connectivity index (χ3v) is 4.05. The lowest BCUT2D eigenvalue weighted by Crippen LogP contribution is -1.98. The highest BCUT2D eigenvalue weighted by Gasteiger charge is 2.15. The molecule has 0 aromatic heterocycles. The van der Waals surface area contributed by atoms with Gasteiger partial charge >= 0.3 is 0 Å². The first kappa shape index (κ1) is 14.0. The van der Waals surface area contributed by atoms with Gasteiger partial charge < -0.3 is 5.32 Å². The highest BCUT2D eigenvalue weighted by molar-refractivity contribution is 9.10. The number of anilines is 2. The van der Waals surface area contributed by atoms with Crippen molar-refractivity contribution in [3.8, 4) is 0 Å². The van der Waals surface area contributed by atoms with Gasteiger partial charge in [0.2, 0.25) is 0 Å². The molecule has 98 valence electrons. The first-order chi connectivity index (χ1) is 8.99. The Hall–Kier alpha value is -1.40. The molecule has 2 aromatic rings. The van der Waals surface area contributed by atoms with Gasteiger partial charge in [-0.3, -0.25) is 10.1 Å². The second-order valence-corrected chi connectivity index (χ2v) is 5.73. The molecule has 0 heterocycles. The molecule has 0 bridgehead atoms. The fraction of sp³-hybridized carbons (Fsp3) is 0.0769. The van der Waals surface area contributed by atoms with Crippen LogP contribution in [0.1, 0.15) is 5.56 Å². The molecule has 2 aromatic carbocycles. The molecule has 0 radical (unpaired) electrons. The summed E-state index contributed by atoms with van der Waals surface area (Å²) in [6, 6.07) is 10.6. The zero-order chi connectivity index (χ0) is 14.0. The lowest BCUT2D eigenvalue weighted by molar-refractivity contribution is -0.384. The number of nitrogens with one attached hydrogen (secondary N) is 1. The summed E-state index contributed by atoms with van der Waals surface area (Å²) in [5, 5.41) is 14.1. The summed E-state index contributed by atoms with van der Waals surface area (Å²) in [5.41, 5.74) is 2.34. The van der Waals surface area contributed by atoms with Gasteiger partial charge in [-0.15, -0.1) is 0 Å². The number of nitro groups is 1. The molecule has 0 aliphatic carbocycles. The molecule has 0 amide bonds. The van der Waals surface area contributed by atoms with Crippen molar-refractivity contribution < 1.29 is 4.92 Å². The van der Waals surface area contributed by atoms with Crippen LogP contribution in [-0.2, 0) is 0 Å². The quantitative estimate of drug-likeness (QED) is 0.585. The predicted octanol–water partition coefficient (Wildman–Crippen LogP) is 5.17. The van der Waals surface area contributed by atoms with Crippen LogP contribution in [0.4, 0.5) is 17.1 Å². The summed E-state index contributed by atoms with van der Waals surface area (Å²) in [7, 11) is 0. The van der Waals surface area contributed by atoms with Gasteiger partial charge in [-0.2, -0.15) is 0 Å². The highest BCUT2D eigenvalue weighted by atomic mass is 79.9. The number of halogens is 2. The van der Waals surface area contributed by atoms with E-state index in [2.05, 4.69) is 37.2 Å². The molecular formula is C13H10Br2N2O2. The third-order valence-electron chi connectivity index (χ3n) is 2.69. The van der Waals surface area contributed by atoms with Gasteiger partial charge in [-0.1, -0.05) is 37.9 Å². The first-order valence-corrected chi connectivity index (χ1v) is 7.03. The summed E-state index contributed by atoms with van der Waals surface area (Å²) in [5.74, 6) is 0. The van der Waals surface area contributed by atoms with Crippen molar-refractivity contribution in [2.24, 2.45) is 0 Å². The monoisotopic (exact) mass is 384 g/mol. The van der Waals surface area contributed by atoms with Crippen LogP contribution in [0.2, 0.25) is 0 Å². The van der Waals surface area contributed by atoms with Crippen molar-refractivity contribution in [2.75, 3.05) is 5.32 Å². The van der Waals surface area contributed by atoms with E-state index in [0.717, 1.165) is 15.7 Å². The van der Waals surface area contributed by atoms with Crippen molar-refractivity contribution in [1.29, 1.82) is 0 Å². The Bertz CT molecular complexity index is 645. The Kier molecular flexibility index (Phi) is 4.21. The van der Waals surface area contributed by atoms with Gasteiger partial charge in [-0.25, -0.2) is 0 Å². The van der Waals surface area contributed by atoms with E-state index >= 15 is 0 Å². The van der Waals surface area contributed by atoms with E-state index in [-0.39, 0.29) is 5.69 Å². The zero-order valence-corrected chi connectivity index (χ0v) is 13.2. The normalized spacial score (nSPS) is 10.3. The Morgan fingerprint density at radius 3 is 2.58 bits per heavy atom. The standard InChI is InChI=1S/C13H10Br2N2O2/c1-8-10(15)3-2-4-11(8)16-12-6-5-9(14)7-13(12)17(18)19/h2-7,16H,1H3. The summed E-state index contributed by atoms with van der Waals surface area (Å²) < 4.78 is 1.63. The Morgan fingerprint density at radius 2 is 1.89 bits per heavy atom. The molecule has 0 aliphatic rings. The van der Waals surface area contributed by atoms with Crippen molar-refractivity contribution in [1.82, 2.24) is 0 Å². The van der Waals surface area contributed by atoms with E-state index in [4.69, 9.17) is 0 Å². The molecular weight excluding hydrogens is 376 g/mol. The summed E-state index contributed by atoms with van der Waals surface area (Å²) in [4.78, 5) is 10.6. The van der Waals surface area contributed by atoms with Crippen LogP contribution in [0.5, 0.6) is 0 Å². The molecule has 0 fully saturated rings. The minimum atomic E-state index is -0.402. The number of benzene rings is 2. The highest BCUT2D eigenvalue weighted by Crippen LogP contribution is 2.33. The maximum absolute atomic E-state index is 11.1. The van der Waals surface area contributed by atoms with Crippen LogP contribution in [0.25, 0.3) is 0 Å². The summed E-state index contributed by atoms with van der Waals surface area (Å²) in [6.07, 6.45) is 0. The minimum Gasteiger partial charge on any atom is -0.350 e. The Labute approximate surface area is 127 Å². The van der Waals surface area contributed by atoms with Crippen molar-refractivity contribution in [3.63, 3.8) is 0 Å². The van der Waals surface area contributed by atoms with E-state index in [1.165, 1.54) is 6.07 Å². The molecule has 19 heavy (non-hydrogen) atoms. The van der Waals surface area contributed by atoms with Crippen molar-refractivity contribution in [3.05, 3.63) is 61.0 Å². The number of hydrogen-bond donors (Lipinski definition) is 1. The molecule has 0 saturated carbocycles. The van der Waals surface area contributed by atoms with Crippen LogP contribution in [0.15, 0.2) is 45.3 Å². The van der Waals surface area contributed by atoms with Crippen molar-refractivity contribution >= 4 is 48.9 Å². The van der Waals surface area contributed by atoms with E-state index in [1.807, 2.05) is 25.1 Å². The van der Waals surface area contributed by atoms with E-state index in [0.29, 0.717) is 10.2 Å². The largest absolute Gasteiger partial charge is 0.350 e. The van der Waals surface area contributed by atoms with Crippen LogP contribution in [0.3, 0.4) is 0 Å². The molecule has 0 aliphatic heterocycles. The molecule has 0 saturated heterocycles. The van der Waals surface area contributed by atoms with Gasteiger partial charge in [0.1, 0.15) is 5.69 Å². The van der Waals surface area contributed by atoms with Gasteiger partial charge in [0.15, 0.2) is 0 Å². The van der Waals surface area contributed by atoms with E-state index < -0.39 is 4.92 Å². The van der Waals surface area contributed by atoms with Crippen LogP contribution in [-0.4, -0.2) is 4.92 Å². The average Bonchev–Trinajstić information content (AvgIpc) is 2.36. The second-order valence-electron chi connectivity index (χ2n) is 3.96. The van der Waals surface area contributed by atoms with E-state index in [9.17, 15) is 10.1 Å². The lowest BCUT2D eigenvalue weighted by atomic mass is 10.2. The molecule has 0 atom stereocenters. The van der Waals surface area contributed by atoms with Gasteiger partial charge in [0, 0.05) is 20.7 Å². The number of nitro benzene ring substituents is 1. The van der Waals surface area contributed by atoms with Gasteiger partial charge in [-0.05, 0) is 36.8 Å². The number of nitrogens with zero attached hydrogens (tertiary/aromatic N) is 1. The molecule has 2 rings (SSSR count). The maximum Gasteiger partial charge on any atom is 0.293 e. The van der Waals surface area contributed by atoms with Gasteiger partial charge in [0.05, 0.1) is 4.92 Å². The molecule has 4 nitrogen and oxygen atoms in total. The molecule has 0 spiro atoms. The fourth-order valence-corrected chi connectivity index (χ4v) is 2.36. The molecule has 1 N–H and O–H groups in total. The second kappa shape index (κ2) is 5.71. The van der Waals surface area contributed by atoms with Crippen LogP contribution >= 0.6 is 31.9 Å². The van der Waals surface area contributed by atoms with Crippen molar-refractivity contribution in [2.45, 2.75) is 6.92 Å². The third kappa shape index (κ3) is 3.13. The minimum absolute atomic E-state index is 0.0359. The topological polar surface area (TPSA) is 55.2 Å². The number of rotatable bonds is 3. The smallest absolute Gasteiger partial charge is 0.293 e. The molecule has 6 heteroatoms. The zero-order valence-electron chi connectivity index (χ0n) is 9.98. The Balaban J connectivity index is 2.44. The SMILES string of the molecule is Cc1c(Br)cccc1Nc1ccc(Br)cc1[N+](=O)[O-]. The Morgan fingerprint density at radius 1 is 1.16 bits per heavy atom. The molecule has 0 unspecified atom stereocenters. The van der Waals surface area contributed by atoms with Crippen LogP contribution < -0.4 is 5.32 Å². The first-order valence-electron chi connectivity index (χ1n) is 5.45. The van der Waals surface area contributed by atoms with Gasteiger partial charge in [0.25, 0.3) is 5.69 Å². The average molecular weight is 386 g/mol. The fourth-order valence-electron chi connectivity index (χ4n) is 1.65. The number of hydrogen-bond acceptors (Lipinski definition) is 3. The summed E-state index contributed by atoms with van der Waals surface area (Å²) >= 11 is 6.67. The van der Waals surface area contributed by atoms with Crippen LogP contribution in [0, 0.1) is 17.0 Å². The van der Waals surface area contributed by atoms with E-state index in [1.54, 1.807) is 12.1 Å². The lowest BCUT2D eigenvalue weighted by Gasteiger charge is -2.11. The summed E-state index contributed by atoms with van der Waals surface area (Å²) in [6.45, 7) is 1.94. The maximum atomic E-state index is 11.1.